The van der Waals surface area contributed by atoms with Crippen molar-refractivity contribution in [3.63, 3.8) is 0 Å². The molecule has 11 heteroatoms. The topological polar surface area (TPSA) is 86.8 Å². The first-order valence-corrected chi connectivity index (χ1v) is 13.9. The molecule has 0 radical (unpaired) electrons. The average molecular weight is 562 g/mol. The van der Waals surface area contributed by atoms with Gasteiger partial charge < -0.3 is 25.2 Å². The highest BCUT2D eigenvalue weighted by Crippen LogP contribution is 2.56. The molecule has 1 saturated heterocycles. The Hall–Kier alpha value is -3.24. The maximum Gasteiger partial charge on any atom is 0.471 e. The van der Waals surface area contributed by atoms with E-state index in [0.29, 0.717) is 17.3 Å². The third-order valence-electron chi connectivity index (χ3n) is 8.20. The molecule has 40 heavy (non-hydrogen) atoms. The van der Waals surface area contributed by atoms with Crippen LogP contribution in [-0.4, -0.2) is 70.9 Å². The van der Waals surface area contributed by atoms with Gasteiger partial charge in [-0.3, -0.25) is 4.79 Å². The molecule has 2 aliphatic carbocycles. The van der Waals surface area contributed by atoms with Crippen LogP contribution in [0.4, 0.5) is 29.5 Å². The normalized spacial score (nSPS) is 28.6. The average Bonchev–Trinajstić information content (AvgIpc) is 2.78. The van der Waals surface area contributed by atoms with E-state index in [2.05, 4.69) is 16.7 Å². The second-order valence-electron chi connectivity index (χ2n) is 12.9. The number of halogens is 3. The first-order chi connectivity index (χ1) is 18.6. The molecule has 2 unspecified atom stereocenters. The van der Waals surface area contributed by atoms with Gasteiger partial charge in [-0.25, -0.2) is 9.78 Å². The fourth-order valence-electron chi connectivity index (χ4n) is 6.66. The summed E-state index contributed by atoms with van der Waals surface area (Å²) in [5.41, 5.74) is 1.62. The predicted molar refractivity (Wildman–Crippen MR) is 147 cm³/mol. The van der Waals surface area contributed by atoms with Gasteiger partial charge in [0.1, 0.15) is 11.4 Å². The highest BCUT2D eigenvalue weighted by molar-refractivity contribution is 5.84. The van der Waals surface area contributed by atoms with E-state index in [9.17, 15) is 22.8 Å². The summed E-state index contributed by atoms with van der Waals surface area (Å²) in [7, 11) is 0. The number of nitrogens with one attached hydrogen (secondary N) is 2. The Morgan fingerprint density at radius 2 is 1.60 bits per heavy atom. The minimum atomic E-state index is -4.88. The summed E-state index contributed by atoms with van der Waals surface area (Å²) in [5.74, 6) is -1.10. The Kier molecular flexibility index (Phi) is 7.07. The molecule has 1 aliphatic heterocycles. The number of carbonyl (C=O) groups is 2. The number of alkyl carbamates (subject to hydrolysis) is 1. The molecule has 5 rings (SSSR count). The van der Waals surface area contributed by atoms with Crippen LogP contribution in [0.5, 0.6) is 0 Å². The molecule has 0 bridgehead atoms. The molecule has 1 aromatic carbocycles. The largest absolute Gasteiger partial charge is 0.471 e. The Morgan fingerprint density at radius 3 is 2.20 bits per heavy atom. The number of aromatic nitrogens is 1. The van der Waals surface area contributed by atoms with Crippen LogP contribution in [0.1, 0.15) is 60.3 Å². The number of carbonyl (C=O) groups excluding carboxylic acids is 2. The number of hydrogen-bond donors (Lipinski definition) is 2. The maximum absolute atomic E-state index is 13.0. The number of anilines is 2. The number of rotatable bonds is 4. The van der Waals surface area contributed by atoms with Crippen molar-refractivity contribution in [2.45, 2.75) is 96.2 Å². The molecule has 2 amide bonds. The van der Waals surface area contributed by atoms with Crippen molar-refractivity contribution in [3.05, 3.63) is 30.3 Å². The van der Waals surface area contributed by atoms with Crippen LogP contribution in [0.3, 0.4) is 0 Å². The second kappa shape index (κ2) is 9.99. The summed E-state index contributed by atoms with van der Waals surface area (Å²) in [6.45, 7) is 9.40. The SMILES string of the molecule is CC1CN(c2ccc3cc(NC4CC5(CC(NC(=O)OC(C)(C)C)C5)C4)ccc3n2)CC(C)N1C(=O)C(F)(F)F. The van der Waals surface area contributed by atoms with Crippen molar-refractivity contribution in [1.82, 2.24) is 15.2 Å². The number of benzene rings is 1. The summed E-state index contributed by atoms with van der Waals surface area (Å²) in [6.07, 6.45) is -1.15. The summed E-state index contributed by atoms with van der Waals surface area (Å²) < 4.78 is 44.5. The molecule has 218 valence electrons. The Morgan fingerprint density at radius 1 is 0.975 bits per heavy atom. The van der Waals surface area contributed by atoms with Gasteiger partial charge in [-0.2, -0.15) is 13.2 Å². The molecule has 2 N–H and O–H groups in total. The molecular weight excluding hydrogens is 523 g/mol. The van der Waals surface area contributed by atoms with E-state index >= 15 is 0 Å². The van der Waals surface area contributed by atoms with Gasteiger partial charge in [0.25, 0.3) is 0 Å². The summed E-state index contributed by atoms with van der Waals surface area (Å²) in [5, 5.41) is 7.56. The molecule has 2 atom stereocenters. The molecule has 8 nitrogen and oxygen atoms in total. The molecule has 2 heterocycles. The predicted octanol–water partition coefficient (Wildman–Crippen LogP) is 5.47. The molecule has 1 spiro atoms. The molecular formula is C29H38F3N5O3. The number of pyridine rings is 1. The standard InChI is InChI=1S/C29H38F3N5O3/c1-17-15-36(16-18(2)37(17)25(38)29(30,31)32)24-9-6-19-10-20(7-8-23(19)35-24)33-21-11-28(12-21)13-22(14-28)34-26(39)40-27(3,4)5/h6-10,17-18,21-22,33H,11-16H2,1-5H3,(H,34,39). The third kappa shape index (κ3) is 5.93. The van der Waals surface area contributed by atoms with Crippen molar-refractivity contribution in [2.24, 2.45) is 5.41 Å². The summed E-state index contributed by atoms with van der Waals surface area (Å²) in [6, 6.07) is 9.26. The third-order valence-corrected chi connectivity index (χ3v) is 8.20. The number of fused-ring (bicyclic) bond motifs is 1. The molecule has 1 aromatic heterocycles. The monoisotopic (exact) mass is 561 g/mol. The van der Waals surface area contributed by atoms with Crippen LogP contribution in [0, 0.1) is 5.41 Å². The number of amides is 2. The lowest BCUT2D eigenvalue weighted by atomic mass is 9.52. The number of ether oxygens (including phenoxy) is 1. The minimum absolute atomic E-state index is 0.177. The van der Waals surface area contributed by atoms with E-state index in [1.54, 1.807) is 13.8 Å². The Balaban J connectivity index is 1.14. The van der Waals surface area contributed by atoms with E-state index in [4.69, 9.17) is 9.72 Å². The van der Waals surface area contributed by atoms with E-state index in [0.717, 1.165) is 47.2 Å². The van der Waals surface area contributed by atoms with E-state index < -0.39 is 29.8 Å². The van der Waals surface area contributed by atoms with Crippen LogP contribution in [-0.2, 0) is 9.53 Å². The van der Waals surface area contributed by atoms with Crippen molar-refractivity contribution < 1.29 is 27.5 Å². The van der Waals surface area contributed by atoms with Crippen molar-refractivity contribution in [2.75, 3.05) is 23.3 Å². The van der Waals surface area contributed by atoms with Gasteiger partial charge in [-0.1, -0.05) is 0 Å². The van der Waals surface area contributed by atoms with Crippen molar-refractivity contribution >= 4 is 34.4 Å². The van der Waals surface area contributed by atoms with E-state index in [-0.39, 0.29) is 25.2 Å². The zero-order valence-electron chi connectivity index (χ0n) is 23.6. The van der Waals surface area contributed by atoms with Gasteiger partial charge in [-0.15, -0.1) is 0 Å². The van der Waals surface area contributed by atoms with Gasteiger partial charge in [0, 0.05) is 48.3 Å². The van der Waals surface area contributed by atoms with Gasteiger partial charge in [0.2, 0.25) is 0 Å². The quantitative estimate of drug-likeness (QED) is 0.515. The van der Waals surface area contributed by atoms with Gasteiger partial charge in [0.05, 0.1) is 5.52 Å². The van der Waals surface area contributed by atoms with Crippen molar-refractivity contribution in [3.8, 4) is 0 Å². The fourth-order valence-corrected chi connectivity index (χ4v) is 6.66. The van der Waals surface area contributed by atoms with Crippen LogP contribution >= 0.6 is 0 Å². The second-order valence-corrected chi connectivity index (χ2v) is 12.9. The molecule has 3 aliphatic rings. The van der Waals surface area contributed by atoms with Crippen LogP contribution < -0.4 is 15.5 Å². The lowest BCUT2D eigenvalue weighted by Crippen LogP contribution is -2.61. The molecule has 3 fully saturated rings. The van der Waals surface area contributed by atoms with Gasteiger partial charge in [0.15, 0.2) is 0 Å². The Labute approximate surface area is 232 Å². The number of alkyl halides is 3. The van der Waals surface area contributed by atoms with Gasteiger partial charge in [-0.05, 0) is 96.0 Å². The zero-order valence-corrected chi connectivity index (χ0v) is 23.6. The van der Waals surface area contributed by atoms with Crippen molar-refractivity contribution in [1.29, 1.82) is 0 Å². The number of piperazine rings is 1. The zero-order chi connectivity index (χ0) is 29.0. The van der Waals surface area contributed by atoms with E-state index in [1.165, 1.54) is 0 Å². The first-order valence-electron chi connectivity index (χ1n) is 13.9. The van der Waals surface area contributed by atoms with E-state index in [1.807, 2.05) is 49.9 Å². The summed E-state index contributed by atoms with van der Waals surface area (Å²) in [4.78, 5) is 31.5. The molecule has 2 aromatic rings. The number of hydrogen-bond acceptors (Lipinski definition) is 6. The smallest absolute Gasteiger partial charge is 0.444 e. The maximum atomic E-state index is 13.0. The van der Waals surface area contributed by atoms with Crippen LogP contribution in [0.25, 0.3) is 10.9 Å². The lowest BCUT2D eigenvalue weighted by molar-refractivity contribution is -0.190. The Bertz CT molecular complexity index is 1270. The van der Waals surface area contributed by atoms with Gasteiger partial charge >= 0.3 is 18.2 Å². The summed E-state index contributed by atoms with van der Waals surface area (Å²) >= 11 is 0. The fraction of sp³-hybridized carbons (Fsp3) is 0.621. The highest BCUT2D eigenvalue weighted by Gasteiger charge is 2.53. The minimum Gasteiger partial charge on any atom is -0.444 e. The van der Waals surface area contributed by atoms with Crippen LogP contribution in [0.2, 0.25) is 0 Å². The molecule has 2 saturated carbocycles. The first kappa shape index (κ1) is 28.3. The lowest BCUT2D eigenvalue weighted by Gasteiger charge is -2.58. The highest BCUT2D eigenvalue weighted by atomic mass is 19.4. The van der Waals surface area contributed by atoms with Crippen LogP contribution in [0.15, 0.2) is 30.3 Å². The number of nitrogens with zero attached hydrogens (tertiary/aromatic N) is 3.